The average molecular weight is 407 g/mol. The van der Waals surface area contributed by atoms with Crippen molar-refractivity contribution in [2.24, 2.45) is 11.8 Å². The second kappa shape index (κ2) is 8.70. The standard InChI is InChI=1S/C19H23ClN4O4/c1-10-7-21-11(2)4-12(10)19(26)28-9-17(25)16-6-15(23-24-16)13-5-18(27-3)22-8-14(13)20/h5-6,8,10-12,21H,4,7,9H2,1-3H3,(H,23,24). The van der Waals surface area contributed by atoms with Crippen LogP contribution < -0.4 is 10.1 Å². The molecule has 0 bridgehead atoms. The lowest BCUT2D eigenvalue weighted by Crippen LogP contribution is -2.44. The highest BCUT2D eigenvalue weighted by atomic mass is 35.5. The monoisotopic (exact) mass is 406 g/mol. The SMILES string of the molecule is COc1cc(-c2cc(C(=O)COC(=O)C3CC(C)NCC3C)[nH]n2)c(Cl)cn1. The fraction of sp³-hybridized carbons (Fsp3) is 0.474. The van der Waals surface area contributed by atoms with Crippen molar-refractivity contribution in [2.75, 3.05) is 20.3 Å². The Balaban J connectivity index is 1.64. The topological polar surface area (TPSA) is 106 Å². The molecule has 0 saturated carbocycles. The zero-order chi connectivity index (χ0) is 20.3. The van der Waals surface area contributed by atoms with Gasteiger partial charge in [0.15, 0.2) is 6.61 Å². The van der Waals surface area contributed by atoms with E-state index in [-0.39, 0.29) is 41.9 Å². The first-order chi connectivity index (χ1) is 13.4. The Hall–Kier alpha value is -2.45. The maximum Gasteiger partial charge on any atom is 0.309 e. The average Bonchev–Trinajstić information content (AvgIpc) is 3.18. The van der Waals surface area contributed by atoms with Crippen LogP contribution in [0.25, 0.3) is 11.3 Å². The van der Waals surface area contributed by atoms with Crippen LogP contribution in [0.1, 0.15) is 30.8 Å². The number of esters is 1. The van der Waals surface area contributed by atoms with Crippen LogP contribution in [-0.2, 0) is 9.53 Å². The number of nitrogens with zero attached hydrogens (tertiary/aromatic N) is 2. The Morgan fingerprint density at radius 2 is 2.11 bits per heavy atom. The third kappa shape index (κ3) is 4.51. The van der Waals surface area contributed by atoms with Crippen molar-refractivity contribution in [1.82, 2.24) is 20.5 Å². The second-order valence-corrected chi connectivity index (χ2v) is 7.44. The molecule has 1 aliphatic heterocycles. The van der Waals surface area contributed by atoms with Crippen LogP contribution >= 0.6 is 11.6 Å². The Morgan fingerprint density at radius 3 is 2.86 bits per heavy atom. The van der Waals surface area contributed by atoms with Crippen LogP contribution in [0.2, 0.25) is 5.02 Å². The van der Waals surface area contributed by atoms with E-state index in [0.717, 1.165) is 6.54 Å². The number of nitrogens with one attached hydrogen (secondary N) is 2. The fourth-order valence-electron chi connectivity index (χ4n) is 3.21. The normalized spacial score (nSPS) is 21.9. The first-order valence-corrected chi connectivity index (χ1v) is 9.45. The number of aromatic amines is 1. The van der Waals surface area contributed by atoms with Crippen molar-refractivity contribution >= 4 is 23.4 Å². The Labute approximate surface area is 168 Å². The van der Waals surface area contributed by atoms with E-state index in [9.17, 15) is 9.59 Å². The lowest BCUT2D eigenvalue weighted by molar-refractivity contribution is -0.150. The summed E-state index contributed by atoms with van der Waals surface area (Å²) in [5.74, 6) is -0.352. The highest BCUT2D eigenvalue weighted by Gasteiger charge is 2.32. The quantitative estimate of drug-likeness (QED) is 0.560. The molecule has 0 spiro atoms. The highest BCUT2D eigenvalue weighted by molar-refractivity contribution is 6.33. The lowest BCUT2D eigenvalue weighted by atomic mass is 9.85. The number of hydrogen-bond donors (Lipinski definition) is 2. The molecule has 3 unspecified atom stereocenters. The van der Waals surface area contributed by atoms with Crippen molar-refractivity contribution in [3.63, 3.8) is 0 Å². The number of halogens is 1. The summed E-state index contributed by atoms with van der Waals surface area (Å²) >= 11 is 6.16. The van der Waals surface area contributed by atoms with E-state index >= 15 is 0 Å². The largest absolute Gasteiger partial charge is 0.481 e. The molecule has 2 aromatic rings. The van der Waals surface area contributed by atoms with Crippen LogP contribution in [-0.4, -0.2) is 53.2 Å². The van der Waals surface area contributed by atoms with Gasteiger partial charge in [-0.2, -0.15) is 5.10 Å². The number of ether oxygens (including phenoxy) is 2. The highest BCUT2D eigenvalue weighted by Crippen LogP contribution is 2.29. The molecular formula is C19H23ClN4O4. The van der Waals surface area contributed by atoms with Gasteiger partial charge >= 0.3 is 5.97 Å². The number of carbonyl (C=O) groups excluding carboxylic acids is 2. The van der Waals surface area contributed by atoms with Gasteiger partial charge in [0.05, 0.1) is 29.9 Å². The molecule has 2 N–H and O–H groups in total. The van der Waals surface area contributed by atoms with Gasteiger partial charge in [-0.15, -0.1) is 0 Å². The summed E-state index contributed by atoms with van der Waals surface area (Å²) in [5.41, 5.74) is 1.29. The van der Waals surface area contributed by atoms with Gasteiger partial charge in [-0.3, -0.25) is 14.7 Å². The van der Waals surface area contributed by atoms with Crippen molar-refractivity contribution in [3.05, 3.63) is 29.0 Å². The third-order valence-corrected chi connectivity index (χ3v) is 5.23. The van der Waals surface area contributed by atoms with E-state index in [0.29, 0.717) is 28.6 Å². The molecule has 0 amide bonds. The molecule has 9 heteroatoms. The molecule has 8 nitrogen and oxygen atoms in total. The molecule has 2 aromatic heterocycles. The van der Waals surface area contributed by atoms with Gasteiger partial charge < -0.3 is 14.8 Å². The molecule has 150 valence electrons. The minimum Gasteiger partial charge on any atom is -0.481 e. The van der Waals surface area contributed by atoms with Crippen molar-refractivity contribution in [2.45, 2.75) is 26.3 Å². The van der Waals surface area contributed by atoms with Crippen molar-refractivity contribution < 1.29 is 19.1 Å². The van der Waals surface area contributed by atoms with Gasteiger partial charge in [0.1, 0.15) is 5.69 Å². The van der Waals surface area contributed by atoms with E-state index < -0.39 is 0 Å². The van der Waals surface area contributed by atoms with Crippen molar-refractivity contribution in [1.29, 1.82) is 0 Å². The van der Waals surface area contributed by atoms with Gasteiger partial charge in [0.2, 0.25) is 11.7 Å². The first kappa shape index (κ1) is 20.3. The smallest absolute Gasteiger partial charge is 0.309 e. The van der Waals surface area contributed by atoms with E-state index in [1.165, 1.54) is 13.3 Å². The number of methoxy groups -OCH3 is 1. The van der Waals surface area contributed by atoms with Gasteiger partial charge in [0.25, 0.3) is 0 Å². The Bertz CT molecular complexity index is 869. The maximum absolute atomic E-state index is 12.4. The Morgan fingerprint density at radius 1 is 1.32 bits per heavy atom. The van der Waals surface area contributed by atoms with Crippen LogP contribution in [0.4, 0.5) is 0 Å². The summed E-state index contributed by atoms with van der Waals surface area (Å²) < 4.78 is 10.4. The number of rotatable bonds is 6. The lowest BCUT2D eigenvalue weighted by Gasteiger charge is -2.31. The van der Waals surface area contributed by atoms with Gasteiger partial charge in [-0.1, -0.05) is 18.5 Å². The molecule has 0 aliphatic carbocycles. The predicted molar refractivity (Wildman–Crippen MR) is 103 cm³/mol. The molecule has 1 fully saturated rings. The number of pyridine rings is 1. The van der Waals surface area contributed by atoms with E-state index in [4.69, 9.17) is 21.1 Å². The van der Waals surface area contributed by atoms with Gasteiger partial charge in [0, 0.05) is 17.7 Å². The summed E-state index contributed by atoms with van der Waals surface area (Å²) in [6, 6.07) is 3.44. The number of aromatic nitrogens is 3. The molecule has 3 rings (SSSR count). The maximum atomic E-state index is 12.4. The summed E-state index contributed by atoms with van der Waals surface area (Å²) in [7, 11) is 1.50. The summed E-state index contributed by atoms with van der Waals surface area (Å²) in [6.45, 7) is 4.46. The van der Waals surface area contributed by atoms with Crippen LogP contribution in [0.5, 0.6) is 5.88 Å². The number of hydrogen-bond acceptors (Lipinski definition) is 7. The van der Waals surface area contributed by atoms with Crippen LogP contribution in [0.15, 0.2) is 18.3 Å². The van der Waals surface area contributed by atoms with Crippen LogP contribution in [0, 0.1) is 11.8 Å². The molecule has 28 heavy (non-hydrogen) atoms. The second-order valence-electron chi connectivity index (χ2n) is 7.03. The summed E-state index contributed by atoms with van der Waals surface area (Å²) in [5, 5.41) is 10.5. The van der Waals surface area contributed by atoms with Crippen LogP contribution in [0.3, 0.4) is 0 Å². The minimum absolute atomic E-state index is 0.168. The predicted octanol–water partition coefficient (Wildman–Crippen LogP) is 2.49. The molecule has 3 heterocycles. The first-order valence-electron chi connectivity index (χ1n) is 9.07. The number of piperidine rings is 1. The summed E-state index contributed by atoms with van der Waals surface area (Å²) in [6.07, 6.45) is 2.15. The molecule has 0 radical (unpaired) electrons. The molecule has 3 atom stereocenters. The number of Topliss-reactive ketones (excluding diaryl/α,β-unsaturated/α-hetero) is 1. The molecular weight excluding hydrogens is 384 g/mol. The summed E-state index contributed by atoms with van der Waals surface area (Å²) in [4.78, 5) is 28.8. The zero-order valence-electron chi connectivity index (χ0n) is 16.0. The number of ketones is 1. The Kier molecular flexibility index (Phi) is 6.31. The molecule has 1 aliphatic rings. The minimum atomic E-state index is -0.362. The van der Waals surface area contributed by atoms with Gasteiger partial charge in [-0.25, -0.2) is 4.98 Å². The van der Waals surface area contributed by atoms with E-state index in [1.807, 2.05) is 13.8 Å². The molecule has 1 saturated heterocycles. The fourth-order valence-corrected chi connectivity index (χ4v) is 3.41. The molecule has 0 aromatic carbocycles. The third-order valence-electron chi connectivity index (χ3n) is 4.92. The van der Waals surface area contributed by atoms with E-state index in [2.05, 4.69) is 20.5 Å². The van der Waals surface area contributed by atoms with Crippen molar-refractivity contribution in [3.8, 4) is 17.1 Å². The number of H-pyrrole nitrogens is 1. The van der Waals surface area contributed by atoms with E-state index in [1.54, 1.807) is 12.1 Å². The zero-order valence-corrected chi connectivity index (χ0v) is 16.7. The number of carbonyl (C=O) groups is 2. The van der Waals surface area contributed by atoms with Gasteiger partial charge in [-0.05, 0) is 31.9 Å².